The van der Waals surface area contributed by atoms with Crippen molar-refractivity contribution < 1.29 is 14.3 Å². The number of hydrogen-bond donors (Lipinski definition) is 1. The number of esters is 1. The van der Waals surface area contributed by atoms with Crippen molar-refractivity contribution in [1.82, 2.24) is 0 Å². The number of hydrogen-bond acceptors (Lipinski definition) is 5. The van der Waals surface area contributed by atoms with Gasteiger partial charge in [-0.3, -0.25) is 4.79 Å². The Morgan fingerprint density at radius 2 is 1.67 bits per heavy atom. The number of ether oxygens (including phenoxy) is 1. The zero-order valence-electron chi connectivity index (χ0n) is 18.6. The smallest absolute Gasteiger partial charge is 0.341 e. The first-order valence-electron chi connectivity index (χ1n) is 10.5. The number of nitrogens with one attached hydrogen (secondary N) is 1. The minimum absolute atomic E-state index is 0.0463. The second-order valence-electron chi connectivity index (χ2n) is 7.56. The van der Waals surface area contributed by atoms with Crippen LogP contribution in [0.15, 0.2) is 60.2 Å². The van der Waals surface area contributed by atoms with Crippen molar-refractivity contribution in [2.24, 2.45) is 0 Å². The van der Waals surface area contributed by atoms with Gasteiger partial charge in [-0.2, -0.15) is 5.26 Å². The van der Waals surface area contributed by atoms with E-state index < -0.39 is 11.9 Å². The summed E-state index contributed by atoms with van der Waals surface area (Å²) >= 11 is 1.29. The third-order valence-corrected chi connectivity index (χ3v) is 6.68. The average Bonchev–Trinajstić information content (AvgIpc) is 3.09. The van der Waals surface area contributed by atoms with Crippen molar-refractivity contribution in [2.75, 3.05) is 11.9 Å². The van der Waals surface area contributed by atoms with Crippen molar-refractivity contribution in [3.05, 3.63) is 81.7 Å². The molecule has 0 fully saturated rings. The standard InChI is InChI=1S/C27H22N2O3S/c1-4-32-27(31)24-16(2)17(3)33-26(24)29-25(30)20(15-28)14-23-21-11-7-5-9-18(21)13-19-10-6-8-12-22(19)23/h5-14H,4H2,1-3H3,(H,29,30)/b20-14+. The Hall–Kier alpha value is -3.95. The molecule has 0 radical (unpaired) electrons. The highest BCUT2D eigenvalue weighted by Gasteiger charge is 2.23. The van der Waals surface area contributed by atoms with Gasteiger partial charge in [0.1, 0.15) is 16.6 Å². The summed E-state index contributed by atoms with van der Waals surface area (Å²) in [6, 6.07) is 19.9. The molecule has 0 saturated carbocycles. The predicted octanol–water partition coefficient (Wildman–Crippen LogP) is 6.39. The first-order valence-corrected chi connectivity index (χ1v) is 11.4. The first-order chi connectivity index (χ1) is 15.9. The second-order valence-corrected chi connectivity index (χ2v) is 8.79. The summed E-state index contributed by atoms with van der Waals surface area (Å²) in [6.45, 7) is 5.66. The monoisotopic (exact) mass is 454 g/mol. The first kappa shape index (κ1) is 22.3. The Morgan fingerprint density at radius 1 is 1.06 bits per heavy atom. The van der Waals surface area contributed by atoms with Gasteiger partial charge in [0.05, 0.1) is 12.2 Å². The Bertz CT molecular complexity index is 1420. The molecule has 6 heteroatoms. The van der Waals surface area contributed by atoms with Gasteiger partial charge in [-0.15, -0.1) is 11.3 Å². The van der Waals surface area contributed by atoms with Gasteiger partial charge < -0.3 is 10.1 Å². The van der Waals surface area contributed by atoms with Gasteiger partial charge in [0, 0.05) is 4.88 Å². The maximum Gasteiger partial charge on any atom is 0.341 e. The van der Waals surface area contributed by atoms with Crippen molar-refractivity contribution >= 4 is 55.8 Å². The van der Waals surface area contributed by atoms with Crippen LogP contribution in [0, 0.1) is 25.2 Å². The van der Waals surface area contributed by atoms with E-state index >= 15 is 0 Å². The normalized spacial score (nSPS) is 11.4. The largest absolute Gasteiger partial charge is 0.462 e. The molecule has 1 amide bonds. The third kappa shape index (κ3) is 4.23. The highest BCUT2D eigenvalue weighted by atomic mass is 32.1. The van der Waals surface area contributed by atoms with Gasteiger partial charge in [0.15, 0.2) is 0 Å². The molecule has 0 aliphatic heterocycles. The molecule has 1 aromatic heterocycles. The van der Waals surface area contributed by atoms with Gasteiger partial charge in [0.25, 0.3) is 5.91 Å². The van der Waals surface area contributed by atoms with Crippen LogP contribution in [0.5, 0.6) is 0 Å². The SMILES string of the molecule is CCOC(=O)c1c(NC(=O)/C(C#N)=C/c2c3ccccc3cc3ccccc23)sc(C)c1C. The fourth-order valence-corrected chi connectivity index (χ4v) is 4.88. The molecule has 3 aromatic carbocycles. The van der Waals surface area contributed by atoms with Crippen LogP contribution in [0.3, 0.4) is 0 Å². The van der Waals surface area contributed by atoms with Crippen LogP contribution >= 0.6 is 11.3 Å². The lowest BCUT2D eigenvalue weighted by Gasteiger charge is -2.10. The lowest BCUT2D eigenvalue weighted by molar-refractivity contribution is -0.112. The molecule has 4 aromatic rings. The quantitative estimate of drug-likeness (QED) is 0.164. The number of nitrogens with zero attached hydrogens (tertiary/aromatic N) is 1. The van der Waals surface area contributed by atoms with Crippen LogP contribution in [0.2, 0.25) is 0 Å². The third-order valence-electron chi connectivity index (χ3n) is 5.56. The highest BCUT2D eigenvalue weighted by molar-refractivity contribution is 7.16. The fraction of sp³-hybridized carbons (Fsp3) is 0.148. The fourth-order valence-electron chi connectivity index (χ4n) is 3.83. The topological polar surface area (TPSA) is 79.2 Å². The summed E-state index contributed by atoms with van der Waals surface area (Å²) in [5, 5.41) is 16.9. The number of fused-ring (bicyclic) bond motifs is 2. The zero-order valence-corrected chi connectivity index (χ0v) is 19.4. The molecule has 0 unspecified atom stereocenters. The van der Waals surface area contributed by atoms with E-state index in [4.69, 9.17) is 4.74 Å². The van der Waals surface area contributed by atoms with Gasteiger partial charge in [-0.25, -0.2) is 4.79 Å². The van der Waals surface area contributed by atoms with E-state index in [2.05, 4.69) is 11.4 Å². The summed E-state index contributed by atoms with van der Waals surface area (Å²) in [6.07, 6.45) is 1.62. The van der Waals surface area contributed by atoms with Crippen molar-refractivity contribution in [1.29, 1.82) is 5.26 Å². The number of nitriles is 1. The summed E-state index contributed by atoms with van der Waals surface area (Å²) < 4.78 is 5.16. The van der Waals surface area contributed by atoms with Crippen molar-refractivity contribution in [3.63, 3.8) is 0 Å². The Morgan fingerprint density at radius 3 is 2.24 bits per heavy atom. The van der Waals surface area contributed by atoms with Crippen molar-refractivity contribution in [2.45, 2.75) is 20.8 Å². The second kappa shape index (κ2) is 9.27. The number of rotatable bonds is 5. The molecule has 4 rings (SSSR count). The van der Waals surface area contributed by atoms with Crippen molar-refractivity contribution in [3.8, 4) is 6.07 Å². The molecular formula is C27H22N2O3S. The number of thiophene rings is 1. The molecule has 0 aliphatic rings. The molecule has 0 spiro atoms. The Labute approximate surface area is 195 Å². The lowest BCUT2D eigenvalue weighted by atomic mass is 9.95. The van der Waals surface area contributed by atoms with Crippen LogP contribution in [0.25, 0.3) is 27.6 Å². The maximum absolute atomic E-state index is 13.1. The molecule has 0 aliphatic carbocycles. The molecule has 0 atom stereocenters. The van der Waals surface area contributed by atoms with Gasteiger partial charge in [0.2, 0.25) is 0 Å². The maximum atomic E-state index is 13.1. The van der Waals surface area contributed by atoms with E-state index in [-0.39, 0.29) is 12.2 Å². The minimum atomic E-state index is -0.568. The average molecular weight is 455 g/mol. The molecular weight excluding hydrogens is 432 g/mol. The van der Waals surface area contributed by atoms with Crippen LogP contribution in [-0.4, -0.2) is 18.5 Å². The van der Waals surface area contributed by atoms with E-state index in [1.807, 2.05) is 68.4 Å². The number of amides is 1. The Balaban J connectivity index is 1.80. The number of aryl methyl sites for hydroxylation is 1. The number of benzene rings is 3. The van der Waals surface area contributed by atoms with E-state index in [0.29, 0.717) is 10.6 Å². The molecule has 0 saturated heterocycles. The van der Waals surface area contributed by atoms with E-state index in [1.54, 1.807) is 13.0 Å². The number of carbonyl (C=O) groups excluding carboxylic acids is 2. The van der Waals surface area contributed by atoms with E-state index in [0.717, 1.165) is 37.5 Å². The molecule has 33 heavy (non-hydrogen) atoms. The van der Waals surface area contributed by atoms with Gasteiger partial charge >= 0.3 is 5.97 Å². The highest BCUT2D eigenvalue weighted by Crippen LogP contribution is 2.34. The zero-order chi connectivity index (χ0) is 23.5. The molecule has 0 bridgehead atoms. The minimum Gasteiger partial charge on any atom is -0.462 e. The summed E-state index contributed by atoms with van der Waals surface area (Å²) in [5.74, 6) is -1.06. The van der Waals surface area contributed by atoms with Crippen LogP contribution < -0.4 is 5.32 Å². The lowest BCUT2D eigenvalue weighted by Crippen LogP contribution is -2.16. The predicted molar refractivity (Wildman–Crippen MR) is 133 cm³/mol. The van der Waals surface area contributed by atoms with E-state index in [9.17, 15) is 14.9 Å². The molecule has 164 valence electrons. The summed E-state index contributed by atoms with van der Waals surface area (Å²) in [5.41, 5.74) is 1.85. The number of anilines is 1. The van der Waals surface area contributed by atoms with Crippen LogP contribution in [0.4, 0.5) is 5.00 Å². The molecule has 1 heterocycles. The van der Waals surface area contributed by atoms with Gasteiger partial charge in [-0.1, -0.05) is 48.5 Å². The Kier molecular flexibility index (Phi) is 6.25. The van der Waals surface area contributed by atoms with Gasteiger partial charge in [-0.05, 0) is 65.6 Å². The van der Waals surface area contributed by atoms with Crippen LogP contribution in [-0.2, 0) is 9.53 Å². The summed E-state index contributed by atoms with van der Waals surface area (Å²) in [7, 11) is 0. The molecule has 5 nitrogen and oxygen atoms in total. The molecule has 1 N–H and O–H groups in total. The summed E-state index contributed by atoms with van der Waals surface area (Å²) in [4.78, 5) is 26.5. The van der Waals surface area contributed by atoms with Crippen LogP contribution in [0.1, 0.15) is 33.3 Å². The number of carbonyl (C=O) groups is 2. The van der Waals surface area contributed by atoms with E-state index in [1.165, 1.54) is 11.3 Å².